The summed E-state index contributed by atoms with van der Waals surface area (Å²) in [6.07, 6.45) is -0.677. The minimum absolute atomic E-state index is 0.243. The Labute approximate surface area is 154 Å². The van der Waals surface area contributed by atoms with Crippen LogP contribution in [-0.4, -0.2) is 43.0 Å². The minimum Gasteiger partial charge on any atom is -0.494 e. The Morgan fingerprint density at radius 3 is 2.52 bits per heavy atom. The Balaban J connectivity index is 1.92. The summed E-state index contributed by atoms with van der Waals surface area (Å²) in [4.78, 5) is 31.3. The van der Waals surface area contributed by atoms with Crippen molar-refractivity contribution in [2.75, 3.05) is 18.1 Å². The molecule has 3 aromatic rings. The molecule has 0 aliphatic carbocycles. The normalized spacial score (nSPS) is 16.6. The van der Waals surface area contributed by atoms with E-state index in [-0.39, 0.29) is 6.54 Å². The minimum atomic E-state index is -0.677. The molecule has 0 saturated heterocycles. The van der Waals surface area contributed by atoms with Crippen molar-refractivity contribution >= 4 is 22.8 Å². The first kappa shape index (κ1) is 17.3. The van der Waals surface area contributed by atoms with Crippen molar-refractivity contribution in [1.29, 1.82) is 0 Å². The second-order valence-electron chi connectivity index (χ2n) is 6.59. The SMILES string of the molecule is CCOc1ccc(N2C[C@@H](O)Cn3c2nc2c3c(=O)n(C)c(=O)n2C)cc1. The standard InChI is InChI=1S/C18H21N5O4/c1-4-27-13-7-5-11(6-8-13)22-9-12(24)10-23-14-15(19-17(22)23)20(2)18(26)21(3)16(14)25/h5-8,12,24H,4,9-10H2,1-3H3/t12-/m1/s1. The lowest BCUT2D eigenvalue weighted by Gasteiger charge is -2.32. The maximum absolute atomic E-state index is 12.7. The van der Waals surface area contributed by atoms with Gasteiger partial charge in [0.15, 0.2) is 11.2 Å². The van der Waals surface area contributed by atoms with Crippen LogP contribution in [0.1, 0.15) is 6.92 Å². The van der Waals surface area contributed by atoms with Crippen LogP contribution in [0.25, 0.3) is 11.2 Å². The molecule has 27 heavy (non-hydrogen) atoms. The number of aryl methyl sites for hydroxylation is 1. The van der Waals surface area contributed by atoms with Gasteiger partial charge >= 0.3 is 5.69 Å². The molecule has 142 valence electrons. The Bertz CT molecular complexity index is 1130. The molecule has 9 nitrogen and oxygen atoms in total. The van der Waals surface area contributed by atoms with E-state index in [9.17, 15) is 14.7 Å². The molecule has 0 radical (unpaired) electrons. The van der Waals surface area contributed by atoms with Crippen molar-refractivity contribution < 1.29 is 9.84 Å². The second-order valence-corrected chi connectivity index (χ2v) is 6.59. The number of fused-ring (bicyclic) bond motifs is 3. The summed E-state index contributed by atoms with van der Waals surface area (Å²) in [6.45, 7) is 3.08. The first-order valence-electron chi connectivity index (χ1n) is 8.77. The molecular weight excluding hydrogens is 350 g/mol. The fourth-order valence-electron chi connectivity index (χ4n) is 3.48. The monoisotopic (exact) mass is 371 g/mol. The van der Waals surface area contributed by atoms with Crippen molar-refractivity contribution in [2.45, 2.75) is 19.6 Å². The van der Waals surface area contributed by atoms with E-state index in [2.05, 4.69) is 4.98 Å². The Morgan fingerprint density at radius 2 is 1.85 bits per heavy atom. The fourth-order valence-corrected chi connectivity index (χ4v) is 3.48. The van der Waals surface area contributed by atoms with Crippen LogP contribution in [-0.2, 0) is 20.6 Å². The third-order valence-corrected chi connectivity index (χ3v) is 4.82. The molecule has 9 heteroatoms. The molecule has 4 rings (SSSR count). The molecular formula is C18H21N5O4. The van der Waals surface area contributed by atoms with E-state index in [1.807, 2.05) is 36.1 Å². The van der Waals surface area contributed by atoms with Gasteiger partial charge in [-0.2, -0.15) is 4.98 Å². The van der Waals surface area contributed by atoms with E-state index in [1.165, 1.54) is 11.6 Å². The lowest BCUT2D eigenvalue weighted by molar-refractivity contribution is 0.154. The molecule has 2 aromatic heterocycles. The molecule has 1 N–H and O–H groups in total. The summed E-state index contributed by atoms with van der Waals surface area (Å²) < 4.78 is 9.56. The highest BCUT2D eigenvalue weighted by Gasteiger charge is 2.30. The lowest BCUT2D eigenvalue weighted by Crippen LogP contribution is -2.40. The molecule has 0 unspecified atom stereocenters. The number of hydrogen-bond donors (Lipinski definition) is 1. The number of hydrogen-bond acceptors (Lipinski definition) is 6. The summed E-state index contributed by atoms with van der Waals surface area (Å²) in [5, 5.41) is 10.4. The van der Waals surface area contributed by atoms with Crippen LogP contribution in [0.2, 0.25) is 0 Å². The number of aliphatic hydroxyl groups is 1. The van der Waals surface area contributed by atoms with Crippen LogP contribution >= 0.6 is 0 Å². The molecule has 1 aromatic carbocycles. The van der Waals surface area contributed by atoms with Crippen molar-refractivity contribution in [3.05, 3.63) is 45.1 Å². The van der Waals surface area contributed by atoms with E-state index in [4.69, 9.17) is 4.74 Å². The van der Waals surface area contributed by atoms with Crippen LogP contribution in [0.3, 0.4) is 0 Å². The van der Waals surface area contributed by atoms with Crippen LogP contribution in [0, 0.1) is 0 Å². The van der Waals surface area contributed by atoms with Crippen LogP contribution in [0.4, 0.5) is 11.6 Å². The van der Waals surface area contributed by atoms with Crippen molar-refractivity contribution in [2.24, 2.45) is 14.1 Å². The number of rotatable bonds is 3. The zero-order valence-electron chi connectivity index (χ0n) is 15.4. The van der Waals surface area contributed by atoms with E-state index in [0.29, 0.717) is 30.3 Å². The summed E-state index contributed by atoms with van der Waals surface area (Å²) in [7, 11) is 3.02. The third kappa shape index (κ3) is 2.62. The molecule has 1 aliphatic heterocycles. The van der Waals surface area contributed by atoms with Gasteiger partial charge in [-0.05, 0) is 31.2 Å². The van der Waals surface area contributed by atoms with Crippen LogP contribution in [0.5, 0.6) is 5.75 Å². The zero-order valence-corrected chi connectivity index (χ0v) is 15.4. The van der Waals surface area contributed by atoms with Gasteiger partial charge in [-0.25, -0.2) is 4.79 Å². The largest absolute Gasteiger partial charge is 0.494 e. The van der Waals surface area contributed by atoms with Gasteiger partial charge in [0.1, 0.15) is 5.75 Å². The maximum atomic E-state index is 12.7. The van der Waals surface area contributed by atoms with Gasteiger partial charge in [0, 0.05) is 19.8 Å². The summed E-state index contributed by atoms with van der Waals surface area (Å²) in [5.74, 6) is 1.28. The van der Waals surface area contributed by atoms with Gasteiger partial charge in [0.25, 0.3) is 5.56 Å². The van der Waals surface area contributed by atoms with E-state index in [0.717, 1.165) is 16.0 Å². The average molecular weight is 371 g/mol. The van der Waals surface area contributed by atoms with Gasteiger partial charge in [0.2, 0.25) is 5.95 Å². The van der Waals surface area contributed by atoms with Gasteiger partial charge in [-0.15, -0.1) is 0 Å². The first-order valence-corrected chi connectivity index (χ1v) is 8.77. The number of β-amino-alcohol motifs (C(OH)–C–C–N with tert-alkyl or cyclic N) is 1. The zero-order chi connectivity index (χ0) is 19.3. The van der Waals surface area contributed by atoms with Gasteiger partial charge in [-0.1, -0.05) is 0 Å². The van der Waals surface area contributed by atoms with Gasteiger partial charge in [0.05, 0.1) is 25.8 Å². The Hall–Kier alpha value is -3.07. The average Bonchev–Trinajstić information content (AvgIpc) is 3.04. The number of imidazole rings is 1. The van der Waals surface area contributed by atoms with E-state index < -0.39 is 17.4 Å². The van der Waals surface area contributed by atoms with E-state index >= 15 is 0 Å². The first-order chi connectivity index (χ1) is 12.9. The van der Waals surface area contributed by atoms with E-state index in [1.54, 1.807) is 11.6 Å². The van der Waals surface area contributed by atoms with Crippen molar-refractivity contribution in [3.8, 4) is 5.75 Å². The molecule has 0 saturated carbocycles. The Morgan fingerprint density at radius 1 is 1.15 bits per heavy atom. The topological polar surface area (TPSA) is 94.5 Å². The molecule has 1 atom stereocenters. The number of nitrogens with zero attached hydrogens (tertiary/aromatic N) is 5. The molecule has 0 bridgehead atoms. The number of anilines is 2. The summed E-state index contributed by atoms with van der Waals surface area (Å²) in [5.41, 5.74) is 0.576. The second kappa shape index (κ2) is 6.27. The smallest absolute Gasteiger partial charge is 0.332 e. The molecule has 0 spiro atoms. The van der Waals surface area contributed by atoms with Crippen molar-refractivity contribution in [3.63, 3.8) is 0 Å². The molecule has 0 fully saturated rings. The molecule has 1 aliphatic rings. The lowest BCUT2D eigenvalue weighted by atomic mass is 10.2. The Kier molecular flexibility index (Phi) is 4.03. The summed E-state index contributed by atoms with van der Waals surface area (Å²) in [6, 6.07) is 7.46. The van der Waals surface area contributed by atoms with Crippen LogP contribution in [0.15, 0.2) is 33.9 Å². The third-order valence-electron chi connectivity index (χ3n) is 4.82. The quantitative estimate of drug-likeness (QED) is 0.714. The number of aliphatic hydroxyl groups excluding tert-OH is 1. The number of benzene rings is 1. The fraction of sp³-hybridized carbons (Fsp3) is 0.389. The predicted octanol–water partition coefficient (Wildman–Crippen LogP) is 0.345. The van der Waals surface area contributed by atoms with Gasteiger partial charge < -0.3 is 19.3 Å². The van der Waals surface area contributed by atoms with Gasteiger partial charge in [-0.3, -0.25) is 13.9 Å². The van der Waals surface area contributed by atoms with Crippen LogP contribution < -0.4 is 20.9 Å². The highest BCUT2D eigenvalue weighted by Crippen LogP contribution is 2.32. The summed E-state index contributed by atoms with van der Waals surface area (Å²) >= 11 is 0. The highest BCUT2D eigenvalue weighted by atomic mass is 16.5. The predicted molar refractivity (Wildman–Crippen MR) is 101 cm³/mol. The highest BCUT2D eigenvalue weighted by molar-refractivity contribution is 5.77. The number of ether oxygens (including phenoxy) is 1. The maximum Gasteiger partial charge on any atom is 0.332 e. The number of aromatic nitrogens is 4. The van der Waals surface area contributed by atoms with Crippen molar-refractivity contribution in [1.82, 2.24) is 18.7 Å². The molecule has 3 heterocycles. The molecule has 0 amide bonds.